The van der Waals surface area contributed by atoms with Gasteiger partial charge >= 0.3 is 18.9 Å². The zero-order valence-corrected chi connectivity index (χ0v) is 4.18. The molecule has 0 spiro atoms. The quantitative estimate of drug-likeness (QED) is 0.329. The summed E-state index contributed by atoms with van der Waals surface area (Å²) in [6.45, 7) is 0. The van der Waals surface area contributed by atoms with E-state index in [1.807, 2.05) is 0 Å². The minimum absolute atomic E-state index is 0. The van der Waals surface area contributed by atoms with Gasteiger partial charge in [-0.15, -0.1) is 0 Å². The molecule has 35 valence electrons. The Hall–Kier alpha value is 2.09. The van der Waals surface area contributed by atoms with Gasteiger partial charge < -0.3 is 6.90 Å². The fourth-order valence-corrected chi connectivity index (χ4v) is 0. The third-order valence-corrected chi connectivity index (χ3v) is 0. The van der Waals surface area contributed by atoms with Crippen molar-refractivity contribution in [2.75, 3.05) is 0 Å². The van der Waals surface area contributed by atoms with Crippen LogP contribution in [0.2, 0.25) is 0 Å². The third kappa shape index (κ3) is 23.3. The fourth-order valence-electron chi connectivity index (χ4n) is 0. The molecule has 0 aromatic carbocycles. The van der Waals surface area contributed by atoms with Gasteiger partial charge in [-0.05, 0) is 0 Å². The van der Waals surface area contributed by atoms with Gasteiger partial charge in [0.2, 0.25) is 0 Å². The van der Waals surface area contributed by atoms with Gasteiger partial charge in [0.25, 0.3) is 0 Å². The van der Waals surface area contributed by atoms with Crippen molar-refractivity contribution in [3.05, 3.63) is 0 Å². The monoisotopic (exact) mass is 173 g/mol. The summed E-state index contributed by atoms with van der Waals surface area (Å²) in [5.41, 5.74) is 0. The molecule has 0 aromatic heterocycles. The van der Waals surface area contributed by atoms with E-state index in [1.165, 1.54) is 0 Å². The first-order valence-corrected chi connectivity index (χ1v) is 0. The molecule has 0 bridgehead atoms. The molecule has 0 aromatic rings. The molecule has 0 rings (SSSR count). The maximum absolute atomic E-state index is 0. The number of rotatable bonds is 0. The molecule has 0 aliphatic heterocycles. The summed E-state index contributed by atoms with van der Waals surface area (Å²) in [7, 11) is 0. The van der Waals surface area contributed by atoms with Crippen LogP contribution in [0.1, 0.15) is 1.43 Å². The zero-order chi connectivity index (χ0) is 0. The minimum Gasteiger partial charge on any atom is -1.00 e. The van der Waals surface area contributed by atoms with Gasteiger partial charge in [-0.25, -0.2) is 0 Å². The fraction of sp³-hybridized carbons (Fsp3) is 0. The summed E-state index contributed by atoms with van der Waals surface area (Å²) in [6.07, 6.45) is 0. The van der Waals surface area contributed by atoms with Crippen LogP contribution in [0.25, 0.3) is 0 Å². The summed E-state index contributed by atoms with van der Waals surface area (Å²) in [5.74, 6) is 0. The molecule has 0 saturated heterocycles. The van der Waals surface area contributed by atoms with Crippen molar-refractivity contribution in [1.29, 1.82) is 0 Å². The van der Waals surface area contributed by atoms with Crippen molar-refractivity contribution >= 4 is 17.4 Å². The smallest absolute Gasteiger partial charge is 1.00 e. The first-order chi connectivity index (χ1) is 0. The van der Waals surface area contributed by atoms with Crippen LogP contribution in [0.4, 0.5) is 0 Å². The molecule has 0 saturated carbocycles. The van der Waals surface area contributed by atoms with Gasteiger partial charge in [-0.1, -0.05) is 0 Å². The minimum atomic E-state index is 0. The van der Waals surface area contributed by atoms with Crippen LogP contribution in [-0.4, -0.2) is 22.8 Å². The van der Waals surface area contributed by atoms with E-state index in [2.05, 4.69) is 0 Å². The second kappa shape index (κ2) is 36.1. The summed E-state index contributed by atoms with van der Waals surface area (Å²) in [4.78, 5) is 0. The van der Waals surface area contributed by atoms with E-state index in [1.54, 1.807) is 0 Å². The van der Waals surface area contributed by atoms with Gasteiger partial charge in [-0.2, -0.15) is 0 Å². The Kier molecular flexibility index (Phi) is 435. The molecule has 1 radical (unpaired) electrons. The predicted molar refractivity (Wildman–Crippen MR) is 14.7 cm³/mol. The molecule has 5 heavy (non-hydrogen) atoms. The van der Waals surface area contributed by atoms with Crippen molar-refractivity contribution in [3.8, 4) is 0 Å². The molecule has 0 aliphatic rings. The molecule has 0 fully saturated rings. The Morgan fingerprint density at radius 3 is 1.20 bits per heavy atom. The van der Waals surface area contributed by atoms with E-state index in [0.29, 0.717) is 0 Å². The maximum atomic E-state index is 0. The van der Waals surface area contributed by atoms with Crippen LogP contribution in [0.3, 0.4) is 0 Å². The summed E-state index contributed by atoms with van der Waals surface area (Å²) in [6, 6.07) is 0. The first-order valence-electron chi connectivity index (χ1n) is 0. The van der Waals surface area contributed by atoms with Crippen LogP contribution in [0.15, 0.2) is 0 Å². The third-order valence-electron chi connectivity index (χ3n) is 0. The second-order valence-corrected chi connectivity index (χ2v) is 0. The van der Waals surface area contributed by atoms with Crippen molar-refractivity contribution in [1.82, 2.24) is 0 Å². The van der Waals surface area contributed by atoms with Gasteiger partial charge in [0.15, 0.2) is 17.4 Å². The molecule has 0 aliphatic carbocycles. The van der Waals surface area contributed by atoms with E-state index in [4.69, 9.17) is 0 Å². The predicted octanol–water partition coefficient (Wildman–Crippen LogP) is -4.90. The van der Waals surface area contributed by atoms with Crippen molar-refractivity contribution < 1.29 is 59.0 Å². The van der Waals surface area contributed by atoms with Crippen molar-refractivity contribution in [3.63, 3.8) is 0 Å². The van der Waals surface area contributed by atoms with E-state index in [9.17, 15) is 0 Å². The molecule has 1 nitrogen and oxygen atoms in total. The Morgan fingerprint density at radius 1 is 1.20 bits per heavy atom. The number of hydrogen-bond donors (Lipinski definition) is 0. The van der Waals surface area contributed by atoms with E-state index in [-0.39, 0.29) is 76.4 Å². The van der Waals surface area contributed by atoms with Gasteiger partial charge in [0, 0.05) is 33.3 Å². The van der Waals surface area contributed by atoms with Crippen LogP contribution in [0.5, 0.6) is 0 Å². The molecule has 2 N–H and O–H groups in total. The average Bonchev–Trinajstić information content (AvgIpc) is 0. The van der Waals surface area contributed by atoms with E-state index in [0.717, 1.165) is 0 Å². The zero-order valence-electron chi connectivity index (χ0n) is 3.15. The van der Waals surface area contributed by atoms with Gasteiger partial charge in [0.1, 0.15) is 0 Å². The maximum Gasteiger partial charge on any atom is 1.00 e. The summed E-state index contributed by atoms with van der Waals surface area (Å²) in [5, 5.41) is 0. The molecular weight excluding hydrogens is 168 g/mol. The molecule has 0 unspecified atom stereocenters. The Labute approximate surface area is 75.9 Å². The largest absolute Gasteiger partial charge is 1.00 e. The van der Waals surface area contributed by atoms with Crippen LogP contribution < -0.4 is 18.9 Å². The summed E-state index contributed by atoms with van der Waals surface area (Å²) >= 11 is 0. The van der Waals surface area contributed by atoms with Crippen LogP contribution >= 0.6 is 0 Å². The summed E-state index contributed by atoms with van der Waals surface area (Å²) < 4.78 is 0. The second-order valence-electron chi connectivity index (χ2n) is 0. The van der Waals surface area contributed by atoms with Crippen LogP contribution in [-0.2, 0) is 33.3 Å². The molecular formula is H6AlCoLiNiO. The number of hydrogen-bond acceptors (Lipinski definition) is 0. The SMILES string of the molecule is O.[AlH3].[Co].[H-].[Li+].[Ni]. The van der Waals surface area contributed by atoms with Gasteiger partial charge in [-0.3, -0.25) is 0 Å². The van der Waals surface area contributed by atoms with Gasteiger partial charge in [0.05, 0.1) is 0 Å². The first kappa shape index (κ1) is 60.2. The van der Waals surface area contributed by atoms with Crippen molar-refractivity contribution in [2.24, 2.45) is 0 Å². The van der Waals surface area contributed by atoms with Crippen molar-refractivity contribution in [2.45, 2.75) is 0 Å². The normalized spacial score (nSPS) is 0. The Bertz CT molecular complexity index is 15.5. The van der Waals surface area contributed by atoms with E-state index >= 15 is 0 Å². The average molecular weight is 174 g/mol. The Balaban J connectivity index is 0. The molecule has 0 heterocycles. The Morgan fingerprint density at radius 2 is 1.20 bits per heavy atom. The topological polar surface area (TPSA) is 31.5 Å². The van der Waals surface area contributed by atoms with Crippen LogP contribution in [0, 0.1) is 0 Å². The van der Waals surface area contributed by atoms with E-state index < -0.39 is 0 Å². The molecule has 5 heteroatoms. The molecule has 0 amide bonds. The molecule has 0 atom stereocenters. The standard InChI is InChI=1S/Al.Co.Li.Ni.H2O.4H/h;;;;1H2;;;;/q;;+1;;;;;;-1.